The Labute approximate surface area is 175 Å². The van der Waals surface area contributed by atoms with Crippen LogP contribution in [0.3, 0.4) is 0 Å². The second-order valence-electron chi connectivity index (χ2n) is 8.43. The fourth-order valence-electron chi connectivity index (χ4n) is 4.11. The minimum Gasteiger partial charge on any atom is -0.349 e. The molecule has 1 aliphatic rings. The van der Waals surface area contributed by atoms with E-state index in [2.05, 4.69) is 31.2 Å². The molecule has 3 aromatic rings. The van der Waals surface area contributed by atoms with E-state index < -0.39 is 0 Å². The van der Waals surface area contributed by atoms with E-state index in [1.54, 1.807) is 10.8 Å². The predicted molar refractivity (Wildman–Crippen MR) is 118 cm³/mol. The van der Waals surface area contributed by atoms with Crippen LogP contribution >= 0.6 is 11.6 Å². The summed E-state index contributed by atoms with van der Waals surface area (Å²) in [5.41, 5.74) is 1.75. The standard InChI is InChI=1S/C22H28ClN5O/c1-14(2)13-27-21(29)19-12-24-28(18-6-4-5-7-18)20(19)26-22(27)25-15(3)16-8-10-17(23)11-9-16/h8-12,14-15,18H,4-7,13H2,1-3H3,(H,25,26)/t15-/m1/s1. The highest BCUT2D eigenvalue weighted by Gasteiger charge is 2.23. The summed E-state index contributed by atoms with van der Waals surface area (Å²) in [5, 5.41) is 9.31. The topological polar surface area (TPSA) is 64.7 Å². The largest absolute Gasteiger partial charge is 0.349 e. The van der Waals surface area contributed by atoms with E-state index in [1.807, 2.05) is 28.9 Å². The highest BCUT2D eigenvalue weighted by molar-refractivity contribution is 6.30. The number of rotatable bonds is 6. The minimum absolute atomic E-state index is 0.0159. The maximum Gasteiger partial charge on any atom is 0.266 e. The van der Waals surface area contributed by atoms with E-state index in [1.165, 1.54) is 12.8 Å². The van der Waals surface area contributed by atoms with E-state index in [-0.39, 0.29) is 11.6 Å². The molecule has 29 heavy (non-hydrogen) atoms. The summed E-state index contributed by atoms with van der Waals surface area (Å²) < 4.78 is 3.71. The van der Waals surface area contributed by atoms with Gasteiger partial charge in [-0.25, -0.2) is 4.68 Å². The molecule has 1 aliphatic carbocycles. The van der Waals surface area contributed by atoms with Crippen LogP contribution in [0, 0.1) is 5.92 Å². The van der Waals surface area contributed by atoms with Gasteiger partial charge < -0.3 is 5.32 Å². The van der Waals surface area contributed by atoms with Crippen molar-refractivity contribution in [1.29, 1.82) is 0 Å². The molecule has 1 aromatic carbocycles. The van der Waals surface area contributed by atoms with Crippen LogP contribution in [0.15, 0.2) is 35.3 Å². The van der Waals surface area contributed by atoms with Crippen molar-refractivity contribution in [3.05, 3.63) is 51.4 Å². The molecule has 1 saturated carbocycles. The van der Waals surface area contributed by atoms with Crippen LogP contribution in [-0.4, -0.2) is 19.3 Å². The van der Waals surface area contributed by atoms with Crippen molar-refractivity contribution >= 4 is 28.6 Å². The van der Waals surface area contributed by atoms with Gasteiger partial charge in [0.1, 0.15) is 5.39 Å². The van der Waals surface area contributed by atoms with Crippen molar-refractivity contribution in [1.82, 2.24) is 19.3 Å². The van der Waals surface area contributed by atoms with Crippen LogP contribution in [0.4, 0.5) is 5.95 Å². The fraction of sp³-hybridized carbons (Fsp3) is 0.500. The van der Waals surface area contributed by atoms with Gasteiger partial charge in [-0.2, -0.15) is 10.1 Å². The van der Waals surface area contributed by atoms with Gasteiger partial charge in [0, 0.05) is 11.6 Å². The van der Waals surface area contributed by atoms with Crippen LogP contribution in [0.25, 0.3) is 11.0 Å². The number of anilines is 1. The molecule has 2 aromatic heterocycles. The number of hydrogen-bond donors (Lipinski definition) is 1. The number of nitrogens with one attached hydrogen (secondary N) is 1. The van der Waals surface area contributed by atoms with Crippen molar-refractivity contribution in [2.45, 2.75) is 65.1 Å². The summed E-state index contributed by atoms with van der Waals surface area (Å²) in [7, 11) is 0. The number of fused-ring (bicyclic) bond motifs is 1. The zero-order valence-electron chi connectivity index (χ0n) is 17.2. The van der Waals surface area contributed by atoms with E-state index in [9.17, 15) is 4.79 Å². The highest BCUT2D eigenvalue weighted by Crippen LogP contribution is 2.31. The number of benzene rings is 1. The Morgan fingerprint density at radius 1 is 1.17 bits per heavy atom. The maximum absolute atomic E-state index is 13.3. The zero-order chi connectivity index (χ0) is 20.5. The van der Waals surface area contributed by atoms with Crippen molar-refractivity contribution < 1.29 is 0 Å². The van der Waals surface area contributed by atoms with Crippen LogP contribution in [-0.2, 0) is 6.54 Å². The summed E-state index contributed by atoms with van der Waals surface area (Å²) in [6, 6.07) is 8.06. The Kier molecular flexibility index (Phi) is 5.63. The first kappa shape index (κ1) is 20.0. The lowest BCUT2D eigenvalue weighted by Crippen LogP contribution is -2.28. The Morgan fingerprint density at radius 3 is 2.52 bits per heavy atom. The summed E-state index contributed by atoms with van der Waals surface area (Å²) >= 11 is 6.02. The molecule has 7 heteroatoms. The van der Waals surface area contributed by atoms with Gasteiger partial charge in [-0.3, -0.25) is 9.36 Å². The third-order valence-corrected chi connectivity index (χ3v) is 5.90. The zero-order valence-corrected chi connectivity index (χ0v) is 18.0. The molecule has 0 aliphatic heterocycles. The average molecular weight is 414 g/mol. The lowest BCUT2D eigenvalue weighted by molar-refractivity contribution is 0.476. The molecule has 0 amide bonds. The monoisotopic (exact) mass is 413 g/mol. The summed E-state index contributed by atoms with van der Waals surface area (Å²) in [4.78, 5) is 18.2. The van der Waals surface area contributed by atoms with Crippen LogP contribution in [0.2, 0.25) is 5.02 Å². The molecular formula is C22H28ClN5O. The van der Waals surface area contributed by atoms with E-state index in [0.29, 0.717) is 40.5 Å². The first-order valence-electron chi connectivity index (χ1n) is 10.4. The van der Waals surface area contributed by atoms with Crippen molar-refractivity contribution in [2.75, 3.05) is 5.32 Å². The Morgan fingerprint density at radius 2 is 1.86 bits per heavy atom. The highest BCUT2D eigenvalue weighted by atomic mass is 35.5. The Balaban J connectivity index is 1.77. The van der Waals surface area contributed by atoms with Crippen molar-refractivity contribution in [3.63, 3.8) is 0 Å². The fourth-order valence-corrected chi connectivity index (χ4v) is 4.24. The number of hydrogen-bond acceptors (Lipinski definition) is 4. The maximum atomic E-state index is 13.3. The summed E-state index contributed by atoms with van der Waals surface area (Å²) in [6.07, 6.45) is 6.28. The lowest BCUT2D eigenvalue weighted by Gasteiger charge is -2.20. The molecule has 1 fully saturated rings. The van der Waals surface area contributed by atoms with Crippen molar-refractivity contribution in [3.8, 4) is 0 Å². The Hall–Kier alpha value is -2.34. The molecule has 154 valence electrons. The van der Waals surface area contributed by atoms with Gasteiger partial charge in [0.15, 0.2) is 5.65 Å². The molecule has 1 N–H and O–H groups in total. The average Bonchev–Trinajstić information content (AvgIpc) is 3.34. The second-order valence-corrected chi connectivity index (χ2v) is 8.86. The molecule has 1 atom stereocenters. The van der Waals surface area contributed by atoms with Gasteiger partial charge in [-0.1, -0.05) is 50.4 Å². The van der Waals surface area contributed by atoms with Crippen LogP contribution in [0.1, 0.15) is 64.1 Å². The van der Waals surface area contributed by atoms with Gasteiger partial charge in [-0.05, 0) is 43.4 Å². The molecule has 0 unspecified atom stereocenters. The molecule has 0 spiro atoms. The molecule has 4 rings (SSSR count). The second kappa shape index (κ2) is 8.19. The van der Waals surface area contributed by atoms with E-state index >= 15 is 0 Å². The van der Waals surface area contributed by atoms with Gasteiger partial charge in [0.25, 0.3) is 5.56 Å². The molecular weight excluding hydrogens is 386 g/mol. The number of nitrogens with zero attached hydrogens (tertiary/aromatic N) is 4. The molecule has 0 saturated heterocycles. The van der Waals surface area contributed by atoms with Crippen molar-refractivity contribution in [2.24, 2.45) is 5.92 Å². The molecule has 2 heterocycles. The molecule has 0 bridgehead atoms. The van der Waals surface area contributed by atoms with Crippen LogP contribution < -0.4 is 10.9 Å². The first-order chi connectivity index (χ1) is 13.9. The van der Waals surface area contributed by atoms with Gasteiger partial charge >= 0.3 is 0 Å². The lowest BCUT2D eigenvalue weighted by atomic mass is 10.1. The van der Waals surface area contributed by atoms with E-state index in [0.717, 1.165) is 18.4 Å². The SMILES string of the molecule is CC(C)Cn1c(N[C@H](C)c2ccc(Cl)cc2)nc2c(cnn2C2CCCC2)c1=O. The predicted octanol–water partition coefficient (Wildman–Crippen LogP) is 5.19. The van der Waals surface area contributed by atoms with Gasteiger partial charge in [0.05, 0.1) is 18.3 Å². The third kappa shape index (κ3) is 4.04. The first-order valence-corrected chi connectivity index (χ1v) is 10.8. The quantitative estimate of drug-likeness (QED) is 0.603. The van der Waals surface area contributed by atoms with Crippen LogP contribution in [0.5, 0.6) is 0 Å². The molecule has 6 nitrogen and oxygen atoms in total. The normalized spacial score (nSPS) is 16.0. The Bertz CT molecular complexity index is 1050. The number of halogens is 1. The van der Waals surface area contributed by atoms with E-state index in [4.69, 9.17) is 16.6 Å². The smallest absolute Gasteiger partial charge is 0.266 e. The summed E-state index contributed by atoms with van der Waals surface area (Å²) in [5.74, 6) is 0.918. The molecule has 0 radical (unpaired) electrons. The minimum atomic E-state index is -0.0289. The number of aromatic nitrogens is 4. The van der Waals surface area contributed by atoms with Gasteiger partial charge in [-0.15, -0.1) is 0 Å². The summed E-state index contributed by atoms with van der Waals surface area (Å²) in [6.45, 7) is 6.87. The van der Waals surface area contributed by atoms with Gasteiger partial charge in [0.2, 0.25) is 5.95 Å². The third-order valence-electron chi connectivity index (χ3n) is 5.65.